The molecule has 1 N–H and O–H groups in total. The zero-order chi connectivity index (χ0) is 11.4. The van der Waals surface area contributed by atoms with Gasteiger partial charge in [0.2, 0.25) is 0 Å². The number of hydrogen-bond acceptors (Lipinski definition) is 2. The average molecular weight is 244 g/mol. The van der Waals surface area contributed by atoms with Gasteiger partial charge in [-0.15, -0.1) is 0 Å². The van der Waals surface area contributed by atoms with Crippen LogP contribution in [0.15, 0.2) is 18.2 Å². The number of benzene rings is 1. The molecule has 2 nitrogen and oxygen atoms in total. The monoisotopic (exact) mass is 243 g/mol. The Balaban J connectivity index is 2.04. The second kappa shape index (κ2) is 5.51. The van der Waals surface area contributed by atoms with Crippen molar-refractivity contribution in [1.29, 1.82) is 0 Å². The van der Waals surface area contributed by atoms with Gasteiger partial charge < -0.3 is 10.1 Å². The fourth-order valence-electron chi connectivity index (χ4n) is 1.88. The van der Waals surface area contributed by atoms with E-state index in [1.165, 1.54) is 0 Å². The maximum Gasteiger partial charge on any atom is 0.164 e. The Morgan fingerprint density at radius 3 is 3.06 bits per heavy atom. The summed E-state index contributed by atoms with van der Waals surface area (Å²) in [5.41, 5.74) is 0.486. The van der Waals surface area contributed by atoms with Crippen LogP contribution >= 0.6 is 11.6 Å². The number of nitrogens with one attached hydrogen (secondary N) is 1. The third kappa shape index (κ3) is 2.86. The first-order chi connectivity index (χ1) is 7.77. The number of anilines is 1. The Morgan fingerprint density at radius 2 is 2.19 bits per heavy atom. The molecular weight excluding hydrogens is 229 g/mol. The van der Waals surface area contributed by atoms with Crippen molar-refractivity contribution < 1.29 is 9.13 Å². The van der Waals surface area contributed by atoms with Crippen molar-refractivity contribution >= 4 is 17.3 Å². The van der Waals surface area contributed by atoms with Gasteiger partial charge in [0.05, 0.1) is 10.7 Å². The van der Waals surface area contributed by atoms with E-state index in [9.17, 15) is 4.39 Å². The van der Waals surface area contributed by atoms with Crippen LogP contribution in [0.2, 0.25) is 5.02 Å². The molecule has 1 aromatic carbocycles. The van der Waals surface area contributed by atoms with Crippen molar-refractivity contribution in [3.8, 4) is 0 Å². The molecule has 1 aliphatic heterocycles. The maximum absolute atomic E-state index is 13.6. The van der Waals surface area contributed by atoms with Crippen molar-refractivity contribution in [2.45, 2.75) is 25.3 Å². The first-order valence-corrected chi connectivity index (χ1v) is 5.93. The highest BCUT2D eigenvalue weighted by Gasteiger charge is 2.14. The molecule has 0 bridgehead atoms. The highest BCUT2D eigenvalue weighted by molar-refractivity contribution is 6.31. The lowest BCUT2D eigenvalue weighted by Crippen LogP contribution is -2.20. The normalized spacial score (nSPS) is 21.5. The summed E-state index contributed by atoms with van der Waals surface area (Å²) < 4.78 is 19.0. The molecule has 2 rings (SSSR count). The van der Waals surface area contributed by atoms with E-state index in [1.807, 2.05) is 0 Å². The van der Waals surface area contributed by atoms with Gasteiger partial charge in [-0.05, 0) is 31.4 Å². The second-order valence-corrected chi connectivity index (χ2v) is 4.39. The third-order valence-electron chi connectivity index (χ3n) is 2.76. The Hall–Kier alpha value is -0.800. The molecule has 1 atom stereocenters. The molecule has 0 spiro atoms. The van der Waals surface area contributed by atoms with Gasteiger partial charge in [-0.3, -0.25) is 0 Å². The van der Waals surface area contributed by atoms with E-state index < -0.39 is 0 Å². The quantitative estimate of drug-likeness (QED) is 0.859. The lowest BCUT2D eigenvalue weighted by Gasteiger charge is -2.17. The van der Waals surface area contributed by atoms with Gasteiger partial charge in [0, 0.05) is 19.3 Å². The molecule has 0 amide bonds. The van der Waals surface area contributed by atoms with Crippen LogP contribution < -0.4 is 5.32 Å². The van der Waals surface area contributed by atoms with E-state index >= 15 is 0 Å². The van der Waals surface area contributed by atoms with Crippen LogP contribution in [0.1, 0.15) is 19.3 Å². The molecule has 0 saturated carbocycles. The molecule has 1 saturated heterocycles. The van der Waals surface area contributed by atoms with E-state index in [0.29, 0.717) is 5.69 Å². The number of rotatable bonds is 2. The van der Waals surface area contributed by atoms with E-state index in [2.05, 4.69) is 5.32 Å². The van der Waals surface area contributed by atoms with Crippen molar-refractivity contribution in [3.05, 3.63) is 29.0 Å². The van der Waals surface area contributed by atoms with Gasteiger partial charge in [-0.25, -0.2) is 4.39 Å². The summed E-state index contributed by atoms with van der Waals surface area (Å²) >= 11 is 5.72. The highest BCUT2D eigenvalue weighted by atomic mass is 35.5. The van der Waals surface area contributed by atoms with Gasteiger partial charge in [0.15, 0.2) is 5.82 Å². The van der Waals surface area contributed by atoms with Crippen molar-refractivity contribution in [2.24, 2.45) is 0 Å². The maximum atomic E-state index is 13.6. The molecule has 1 heterocycles. The van der Waals surface area contributed by atoms with Crippen LogP contribution in [0.3, 0.4) is 0 Å². The molecule has 4 heteroatoms. The van der Waals surface area contributed by atoms with Gasteiger partial charge in [0.25, 0.3) is 0 Å². The minimum Gasteiger partial charge on any atom is -0.381 e. The van der Waals surface area contributed by atoms with E-state index in [1.54, 1.807) is 18.2 Å². The van der Waals surface area contributed by atoms with E-state index in [4.69, 9.17) is 16.3 Å². The van der Waals surface area contributed by atoms with Crippen LogP contribution in [0.25, 0.3) is 0 Å². The lowest BCUT2D eigenvalue weighted by atomic mass is 10.1. The summed E-state index contributed by atoms with van der Waals surface area (Å²) in [6.07, 6.45) is 2.93. The highest BCUT2D eigenvalue weighted by Crippen LogP contribution is 2.24. The second-order valence-electron chi connectivity index (χ2n) is 3.99. The van der Waals surface area contributed by atoms with E-state index in [-0.39, 0.29) is 16.9 Å². The molecule has 1 fully saturated rings. The van der Waals surface area contributed by atoms with Crippen LogP contribution in [-0.4, -0.2) is 19.3 Å². The predicted octanol–water partition coefficient (Wildman–Crippen LogP) is 3.46. The Bertz CT molecular complexity index is 351. The topological polar surface area (TPSA) is 21.3 Å². The number of ether oxygens (including phenoxy) is 1. The van der Waals surface area contributed by atoms with Crippen LogP contribution in [0.4, 0.5) is 10.1 Å². The lowest BCUT2D eigenvalue weighted by molar-refractivity contribution is 0.144. The molecular formula is C12H15ClFNO. The third-order valence-corrected chi connectivity index (χ3v) is 3.06. The largest absolute Gasteiger partial charge is 0.381 e. The first kappa shape index (κ1) is 11.7. The van der Waals surface area contributed by atoms with Gasteiger partial charge in [0.1, 0.15) is 0 Å². The zero-order valence-corrected chi connectivity index (χ0v) is 9.77. The number of halogens is 2. The SMILES string of the molecule is Fc1c(Cl)cccc1NC1CCCOCC1. The molecule has 0 aliphatic carbocycles. The van der Waals surface area contributed by atoms with Crippen LogP contribution in [0.5, 0.6) is 0 Å². The van der Waals surface area contributed by atoms with Crippen molar-refractivity contribution in [3.63, 3.8) is 0 Å². The summed E-state index contributed by atoms with van der Waals surface area (Å²) in [6.45, 7) is 1.54. The van der Waals surface area contributed by atoms with Gasteiger partial charge in [-0.2, -0.15) is 0 Å². The number of hydrogen-bond donors (Lipinski definition) is 1. The summed E-state index contributed by atoms with van der Waals surface area (Å²) in [5.74, 6) is -0.366. The smallest absolute Gasteiger partial charge is 0.164 e. The van der Waals surface area contributed by atoms with Gasteiger partial charge >= 0.3 is 0 Å². The average Bonchev–Trinajstić information content (AvgIpc) is 2.53. The Labute approximate surface area is 99.7 Å². The molecule has 1 unspecified atom stereocenters. The predicted molar refractivity (Wildman–Crippen MR) is 63.5 cm³/mol. The molecule has 1 aliphatic rings. The summed E-state index contributed by atoms with van der Waals surface area (Å²) in [6, 6.07) is 5.29. The first-order valence-electron chi connectivity index (χ1n) is 5.55. The van der Waals surface area contributed by atoms with E-state index in [0.717, 1.165) is 32.5 Å². The minimum absolute atomic E-state index is 0.162. The molecule has 0 radical (unpaired) electrons. The fourth-order valence-corrected chi connectivity index (χ4v) is 2.06. The summed E-state index contributed by atoms with van der Waals surface area (Å²) in [5, 5.41) is 3.35. The van der Waals surface area contributed by atoms with Crippen LogP contribution in [0, 0.1) is 5.82 Å². The molecule has 16 heavy (non-hydrogen) atoms. The Morgan fingerprint density at radius 1 is 1.31 bits per heavy atom. The summed E-state index contributed by atoms with van der Waals surface area (Å²) in [7, 11) is 0. The zero-order valence-electron chi connectivity index (χ0n) is 9.01. The fraction of sp³-hybridized carbons (Fsp3) is 0.500. The van der Waals surface area contributed by atoms with Crippen molar-refractivity contribution in [1.82, 2.24) is 0 Å². The van der Waals surface area contributed by atoms with Crippen molar-refractivity contribution in [2.75, 3.05) is 18.5 Å². The van der Waals surface area contributed by atoms with Gasteiger partial charge in [-0.1, -0.05) is 17.7 Å². The molecule has 1 aromatic rings. The Kier molecular flexibility index (Phi) is 4.02. The summed E-state index contributed by atoms with van der Waals surface area (Å²) in [4.78, 5) is 0. The molecule has 0 aromatic heterocycles. The minimum atomic E-state index is -0.366. The molecule has 88 valence electrons. The standard InChI is InChI=1S/C12H15ClFNO/c13-10-4-1-5-11(12(10)14)15-9-3-2-7-16-8-6-9/h1,4-5,9,15H,2-3,6-8H2. The van der Waals surface area contributed by atoms with Crippen LogP contribution in [-0.2, 0) is 4.74 Å².